The topological polar surface area (TPSA) is 64.8 Å². The number of likely N-dealkylation sites (tertiary alicyclic amines) is 1. The van der Waals surface area contributed by atoms with Crippen LogP contribution in [0.2, 0.25) is 0 Å². The van der Waals surface area contributed by atoms with Crippen LogP contribution in [0.15, 0.2) is 0 Å². The summed E-state index contributed by atoms with van der Waals surface area (Å²) in [5, 5.41) is 0. The van der Waals surface area contributed by atoms with Gasteiger partial charge in [0.25, 0.3) is 5.91 Å². The molecule has 3 atom stereocenters. The Morgan fingerprint density at radius 2 is 2.28 bits per heavy atom. The second-order valence-corrected chi connectivity index (χ2v) is 5.16. The average Bonchev–Trinajstić information content (AvgIpc) is 3.04. The van der Waals surface area contributed by atoms with Gasteiger partial charge in [-0.1, -0.05) is 0 Å². The van der Waals surface area contributed by atoms with Gasteiger partial charge in [-0.2, -0.15) is 0 Å². The van der Waals surface area contributed by atoms with Crippen LogP contribution in [0.25, 0.3) is 0 Å². The smallest absolute Gasteiger partial charge is 0.251 e. The van der Waals surface area contributed by atoms with E-state index in [0.717, 1.165) is 45.6 Å². The van der Waals surface area contributed by atoms with Gasteiger partial charge in [-0.05, 0) is 26.2 Å². The van der Waals surface area contributed by atoms with Crippen molar-refractivity contribution in [3.05, 3.63) is 0 Å². The summed E-state index contributed by atoms with van der Waals surface area (Å²) >= 11 is 0. The van der Waals surface area contributed by atoms with Crippen LogP contribution in [0, 0.1) is 5.92 Å². The van der Waals surface area contributed by atoms with Gasteiger partial charge in [0.15, 0.2) is 0 Å². The highest BCUT2D eigenvalue weighted by molar-refractivity contribution is 5.81. The molecule has 5 nitrogen and oxygen atoms in total. The third-order valence-corrected chi connectivity index (χ3v) is 3.80. The van der Waals surface area contributed by atoms with Crippen molar-refractivity contribution in [1.82, 2.24) is 4.90 Å². The van der Waals surface area contributed by atoms with Gasteiger partial charge < -0.3 is 20.1 Å². The Morgan fingerprint density at radius 1 is 1.44 bits per heavy atom. The molecule has 0 bridgehead atoms. The third-order valence-electron chi connectivity index (χ3n) is 3.80. The number of hydrogen-bond acceptors (Lipinski definition) is 4. The van der Waals surface area contributed by atoms with Gasteiger partial charge in [0.05, 0.1) is 12.7 Å². The molecular formula is C13H24N2O3. The first-order chi connectivity index (χ1) is 8.74. The van der Waals surface area contributed by atoms with Gasteiger partial charge in [-0.15, -0.1) is 0 Å². The van der Waals surface area contributed by atoms with E-state index in [0.29, 0.717) is 12.5 Å². The maximum atomic E-state index is 12.2. The number of nitrogens with two attached hydrogens (primary N) is 1. The molecule has 104 valence electrons. The molecule has 0 saturated carbocycles. The summed E-state index contributed by atoms with van der Waals surface area (Å²) in [4.78, 5) is 14.2. The molecule has 0 aliphatic carbocycles. The SMILES string of the molecule is CCOCC1CCN(C(=O)[C@@H]2CC[C@H](CN)O2)C1. The van der Waals surface area contributed by atoms with Gasteiger partial charge in [0.2, 0.25) is 0 Å². The summed E-state index contributed by atoms with van der Waals surface area (Å²) in [5.74, 6) is 0.630. The van der Waals surface area contributed by atoms with Crippen LogP contribution in [0.3, 0.4) is 0 Å². The molecular weight excluding hydrogens is 232 g/mol. The van der Waals surface area contributed by atoms with Crippen molar-refractivity contribution >= 4 is 5.91 Å². The van der Waals surface area contributed by atoms with E-state index >= 15 is 0 Å². The Hall–Kier alpha value is -0.650. The molecule has 2 heterocycles. The van der Waals surface area contributed by atoms with Crippen LogP contribution in [-0.2, 0) is 14.3 Å². The molecule has 1 unspecified atom stereocenters. The van der Waals surface area contributed by atoms with Gasteiger partial charge in [0.1, 0.15) is 6.10 Å². The summed E-state index contributed by atoms with van der Waals surface area (Å²) < 4.78 is 11.1. The Morgan fingerprint density at radius 3 is 2.94 bits per heavy atom. The zero-order valence-electron chi connectivity index (χ0n) is 11.1. The molecule has 18 heavy (non-hydrogen) atoms. The number of nitrogens with zero attached hydrogens (tertiary/aromatic N) is 1. The second-order valence-electron chi connectivity index (χ2n) is 5.16. The lowest BCUT2D eigenvalue weighted by Gasteiger charge is -2.21. The van der Waals surface area contributed by atoms with Crippen molar-refractivity contribution in [2.45, 2.75) is 38.4 Å². The summed E-state index contributed by atoms with van der Waals surface area (Å²) in [6.45, 7) is 5.66. The number of carbonyl (C=O) groups is 1. The normalized spacial score (nSPS) is 32.1. The van der Waals surface area contributed by atoms with Gasteiger partial charge in [0, 0.05) is 32.2 Å². The molecule has 2 fully saturated rings. The minimum atomic E-state index is -0.260. The maximum Gasteiger partial charge on any atom is 0.251 e. The fourth-order valence-electron chi connectivity index (χ4n) is 2.72. The molecule has 2 N–H and O–H groups in total. The van der Waals surface area contributed by atoms with Crippen molar-refractivity contribution < 1.29 is 14.3 Å². The fraction of sp³-hybridized carbons (Fsp3) is 0.923. The lowest BCUT2D eigenvalue weighted by atomic mass is 10.1. The predicted octanol–water partition coefficient (Wildman–Crippen LogP) is 0.378. The quantitative estimate of drug-likeness (QED) is 0.772. The van der Waals surface area contributed by atoms with Crippen molar-refractivity contribution in [3.63, 3.8) is 0 Å². The first-order valence-corrected chi connectivity index (χ1v) is 6.96. The summed E-state index contributed by atoms with van der Waals surface area (Å²) in [5.41, 5.74) is 5.56. The Balaban J connectivity index is 1.77. The van der Waals surface area contributed by atoms with Crippen LogP contribution in [-0.4, -0.2) is 55.9 Å². The summed E-state index contributed by atoms with van der Waals surface area (Å²) in [6.07, 6.45) is 2.57. The van der Waals surface area contributed by atoms with E-state index in [1.54, 1.807) is 0 Å². The Labute approximate surface area is 109 Å². The molecule has 0 aromatic heterocycles. The first-order valence-electron chi connectivity index (χ1n) is 6.96. The zero-order valence-corrected chi connectivity index (χ0v) is 11.1. The van der Waals surface area contributed by atoms with E-state index in [1.807, 2.05) is 11.8 Å². The third kappa shape index (κ3) is 3.22. The number of hydrogen-bond donors (Lipinski definition) is 1. The number of carbonyl (C=O) groups excluding carboxylic acids is 1. The van der Waals surface area contributed by atoms with Crippen molar-refractivity contribution in [1.29, 1.82) is 0 Å². The van der Waals surface area contributed by atoms with E-state index in [1.165, 1.54) is 0 Å². The molecule has 2 rings (SSSR count). The lowest BCUT2D eigenvalue weighted by Crippen LogP contribution is -2.38. The molecule has 0 aromatic carbocycles. The van der Waals surface area contributed by atoms with E-state index in [-0.39, 0.29) is 18.1 Å². The standard InChI is InChI=1S/C13H24N2O3/c1-2-17-9-10-5-6-15(8-10)13(16)12-4-3-11(7-14)18-12/h10-12H,2-9,14H2,1H3/t10?,11-,12+/m1/s1. The lowest BCUT2D eigenvalue weighted by molar-refractivity contribution is -0.141. The fourth-order valence-corrected chi connectivity index (χ4v) is 2.72. The number of rotatable bonds is 5. The molecule has 0 spiro atoms. The maximum absolute atomic E-state index is 12.2. The van der Waals surface area contributed by atoms with E-state index in [9.17, 15) is 4.79 Å². The predicted molar refractivity (Wildman–Crippen MR) is 68.1 cm³/mol. The second kappa shape index (κ2) is 6.50. The van der Waals surface area contributed by atoms with E-state index in [2.05, 4.69) is 0 Å². The number of amides is 1. The van der Waals surface area contributed by atoms with Crippen LogP contribution in [0.1, 0.15) is 26.2 Å². The number of ether oxygens (including phenoxy) is 2. The van der Waals surface area contributed by atoms with Crippen LogP contribution < -0.4 is 5.73 Å². The minimum Gasteiger partial charge on any atom is -0.381 e. The van der Waals surface area contributed by atoms with E-state index in [4.69, 9.17) is 15.2 Å². The van der Waals surface area contributed by atoms with Gasteiger partial charge in [-0.25, -0.2) is 0 Å². The molecule has 1 amide bonds. The molecule has 5 heteroatoms. The van der Waals surface area contributed by atoms with Gasteiger partial charge in [-0.3, -0.25) is 4.79 Å². The average molecular weight is 256 g/mol. The van der Waals surface area contributed by atoms with Crippen LogP contribution in [0.5, 0.6) is 0 Å². The van der Waals surface area contributed by atoms with Crippen molar-refractivity contribution in [2.24, 2.45) is 11.7 Å². The highest BCUT2D eigenvalue weighted by Gasteiger charge is 2.35. The minimum absolute atomic E-state index is 0.0702. The van der Waals surface area contributed by atoms with Gasteiger partial charge >= 0.3 is 0 Å². The highest BCUT2D eigenvalue weighted by Crippen LogP contribution is 2.24. The summed E-state index contributed by atoms with van der Waals surface area (Å²) in [6, 6.07) is 0. The molecule has 0 aromatic rings. The zero-order chi connectivity index (χ0) is 13.0. The molecule has 2 aliphatic heterocycles. The van der Waals surface area contributed by atoms with Crippen molar-refractivity contribution in [2.75, 3.05) is 32.8 Å². The van der Waals surface area contributed by atoms with E-state index < -0.39 is 0 Å². The largest absolute Gasteiger partial charge is 0.381 e. The monoisotopic (exact) mass is 256 g/mol. The van der Waals surface area contributed by atoms with Crippen molar-refractivity contribution in [3.8, 4) is 0 Å². The molecule has 2 saturated heterocycles. The Kier molecular flexibility index (Phi) is 4.97. The first kappa shape index (κ1) is 13.8. The summed E-state index contributed by atoms with van der Waals surface area (Å²) in [7, 11) is 0. The molecule has 2 aliphatic rings. The Bertz CT molecular complexity index is 285. The molecule has 0 radical (unpaired) electrons. The van der Waals surface area contributed by atoms with Crippen LogP contribution >= 0.6 is 0 Å². The highest BCUT2D eigenvalue weighted by atomic mass is 16.5. The van der Waals surface area contributed by atoms with Crippen LogP contribution in [0.4, 0.5) is 0 Å².